The SMILES string of the molecule is CCOC(CN(Cc1ccccc1)C(=O)C(Cc1ccc(OC(C)(C)C)cc1)NC(=O)OCC1c2ccccc2-c2ccccc21)OCC. The highest BCUT2D eigenvalue weighted by Crippen LogP contribution is 2.44. The Bertz CT molecular complexity index is 1620. The number of carbonyl (C=O) groups excluding carboxylic acids is 2. The molecule has 1 aliphatic rings. The van der Waals surface area contributed by atoms with Crippen LogP contribution in [0.3, 0.4) is 0 Å². The number of rotatable bonds is 15. The quantitative estimate of drug-likeness (QED) is 0.131. The van der Waals surface area contributed by atoms with Crippen LogP contribution in [0.1, 0.15) is 62.8 Å². The van der Waals surface area contributed by atoms with Crippen LogP contribution >= 0.6 is 0 Å². The van der Waals surface area contributed by atoms with Crippen molar-refractivity contribution in [2.45, 2.75) is 71.4 Å². The largest absolute Gasteiger partial charge is 0.488 e. The molecule has 0 spiro atoms. The van der Waals surface area contributed by atoms with Crippen LogP contribution in [0.2, 0.25) is 0 Å². The number of hydrogen-bond donors (Lipinski definition) is 1. The van der Waals surface area contributed by atoms with Gasteiger partial charge in [0.25, 0.3) is 0 Å². The number of amides is 2. The Morgan fingerprint density at radius 3 is 1.90 bits per heavy atom. The first-order valence-electron chi connectivity index (χ1n) is 17.1. The highest BCUT2D eigenvalue weighted by atomic mass is 16.7. The molecule has 1 N–H and O–H groups in total. The summed E-state index contributed by atoms with van der Waals surface area (Å²) in [6.45, 7) is 11.3. The van der Waals surface area contributed by atoms with Gasteiger partial charge in [0.2, 0.25) is 5.91 Å². The van der Waals surface area contributed by atoms with Crippen molar-refractivity contribution in [3.63, 3.8) is 0 Å². The Morgan fingerprint density at radius 2 is 1.33 bits per heavy atom. The monoisotopic (exact) mass is 664 g/mol. The number of fused-ring (bicyclic) bond motifs is 3. The number of carbonyl (C=O) groups is 2. The van der Waals surface area contributed by atoms with E-state index in [2.05, 4.69) is 29.6 Å². The van der Waals surface area contributed by atoms with Crippen molar-refractivity contribution in [3.8, 4) is 16.9 Å². The van der Waals surface area contributed by atoms with Gasteiger partial charge in [-0.3, -0.25) is 4.79 Å². The molecule has 258 valence electrons. The first kappa shape index (κ1) is 35.6. The third kappa shape index (κ3) is 9.71. The van der Waals surface area contributed by atoms with Gasteiger partial charge in [0.1, 0.15) is 24.0 Å². The molecule has 0 saturated heterocycles. The second-order valence-electron chi connectivity index (χ2n) is 13.1. The Balaban J connectivity index is 1.38. The number of benzene rings is 4. The summed E-state index contributed by atoms with van der Waals surface area (Å²) < 4.78 is 23.6. The van der Waals surface area contributed by atoms with E-state index in [0.717, 1.165) is 39.1 Å². The summed E-state index contributed by atoms with van der Waals surface area (Å²) in [5, 5.41) is 2.93. The third-order valence-electron chi connectivity index (χ3n) is 8.32. The summed E-state index contributed by atoms with van der Waals surface area (Å²) >= 11 is 0. The number of hydrogen-bond acceptors (Lipinski definition) is 6. The molecule has 2 amide bonds. The Morgan fingerprint density at radius 1 is 0.755 bits per heavy atom. The minimum atomic E-state index is -0.919. The summed E-state index contributed by atoms with van der Waals surface area (Å²) in [7, 11) is 0. The second-order valence-corrected chi connectivity index (χ2v) is 13.1. The van der Waals surface area contributed by atoms with Gasteiger partial charge >= 0.3 is 6.09 Å². The smallest absolute Gasteiger partial charge is 0.407 e. The highest BCUT2D eigenvalue weighted by Gasteiger charge is 2.32. The van der Waals surface area contributed by atoms with Crippen LogP contribution < -0.4 is 10.1 Å². The maximum atomic E-state index is 14.5. The zero-order valence-corrected chi connectivity index (χ0v) is 29.2. The molecule has 1 atom stereocenters. The molecule has 0 bridgehead atoms. The van der Waals surface area contributed by atoms with Gasteiger partial charge < -0.3 is 29.2 Å². The van der Waals surface area contributed by atoms with E-state index in [1.807, 2.05) is 113 Å². The van der Waals surface area contributed by atoms with Crippen LogP contribution in [0.15, 0.2) is 103 Å². The summed E-state index contributed by atoms with van der Waals surface area (Å²) in [5.41, 5.74) is 6.00. The second kappa shape index (κ2) is 16.6. The van der Waals surface area contributed by atoms with Gasteiger partial charge in [0, 0.05) is 32.1 Å². The molecule has 0 radical (unpaired) electrons. The fourth-order valence-corrected chi connectivity index (χ4v) is 6.23. The molecule has 0 heterocycles. The molecule has 0 aromatic heterocycles. The number of nitrogens with one attached hydrogen (secondary N) is 1. The summed E-state index contributed by atoms with van der Waals surface area (Å²) in [6.07, 6.45) is -1.02. The normalized spacial score (nSPS) is 13.0. The first-order chi connectivity index (χ1) is 23.6. The Kier molecular flexibility index (Phi) is 12.1. The molecule has 0 fully saturated rings. The van der Waals surface area contributed by atoms with Gasteiger partial charge in [0.05, 0.1) is 6.54 Å². The van der Waals surface area contributed by atoms with E-state index in [-0.39, 0.29) is 37.0 Å². The Labute approximate surface area is 290 Å². The lowest BCUT2D eigenvalue weighted by Gasteiger charge is -2.31. The van der Waals surface area contributed by atoms with Crippen LogP contribution in [0, 0.1) is 0 Å². The van der Waals surface area contributed by atoms with E-state index in [9.17, 15) is 9.59 Å². The van der Waals surface area contributed by atoms with Gasteiger partial charge in [-0.2, -0.15) is 0 Å². The maximum absolute atomic E-state index is 14.5. The van der Waals surface area contributed by atoms with Crippen molar-refractivity contribution >= 4 is 12.0 Å². The standard InChI is InChI=1S/C41H48N2O6/c1-6-46-38(47-7-2)27-43(26-30-15-9-8-10-16-30)39(44)37(25-29-21-23-31(24-22-29)49-41(3,4)5)42-40(45)48-28-36-34-19-13-11-17-32(34)33-18-12-14-20-35(33)36/h8-24,36-38H,6-7,25-28H2,1-5H3,(H,42,45). The lowest BCUT2D eigenvalue weighted by molar-refractivity contribution is -0.160. The molecule has 4 aromatic carbocycles. The van der Waals surface area contributed by atoms with Crippen molar-refractivity contribution < 1.29 is 28.5 Å². The highest BCUT2D eigenvalue weighted by molar-refractivity contribution is 5.86. The molecule has 0 saturated carbocycles. The minimum absolute atomic E-state index is 0.101. The van der Waals surface area contributed by atoms with Crippen LogP contribution in [-0.2, 0) is 32.0 Å². The van der Waals surface area contributed by atoms with E-state index >= 15 is 0 Å². The molecule has 1 aliphatic carbocycles. The molecule has 8 nitrogen and oxygen atoms in total. The minimum Gasteiger partial charge on any atom is -0.488 e. The van der Waals surface area contributed by atoms with Gasteiger partial charge in [-0.05, 0) is 80.1 Å². The maximum Gasteiger partial charge on any atom is 0.407 e. The lowest BCUT2D eigenvalue weighted by atomic mass is 9.98. The lowest BCUT2D eigenvalue weighted by Crippen LogP contribution is -2.51. The first-order valence-corrected chi connectivity index (χ1v) is 17.1. The Hall–Kier alpha value is -4.66. The van der Waals surface area contributed by atoms with Crippen LogP contribution in [0.25, 0.3) is 11.1 Å². The van der Waals surface area contributed by atoms with Crippen LogP contribution in [-0.4, -0.2) is 61.2 Å². The van der Waals surface area contributed by atoms with E-state index in [1.54, 1.807) is 4.90 Å². The molecule has 0 aliphatic heterocycles. The van der Waals surface area contributed by atoms with E-state index < -0.39 is 18.4 Å². The molecule has 1 unspecified atom stereocenters. The topological polar surface area (TPSA) is 86.3 Å². The van der Waals surface area contributed by atoms with Gasteiger partial charge in [-0.15, -0.1) is 0 Å². The van der Waals surface area contributed by atoms with Crippen molar-refractivity contribution in [2.24, 2.45) is 0 Å². The van der Waals surface area contributed by atoms with Gasteiger partial charge in [-0.25, -0.2) is 4.79 Å². The molecule has 8 heteroatoms. The van der Waals surface area contributed by atoms with Crippen molar-refractivity contribution in [3.05, 3.63) is 125 Å². The third-order valence-corrected chi connectivity index (χ3v) is 8.32. The summed E-state index contributed by atoms with van der Waals surface area (Å²) in [5.74, 6) is 0.359. The van der Waals surface area contributed by atoms with Gasteiger partial charge in [-0.1, -0.05) is 91.0 Å². The molecular formula is C41H48N2O6. The average molecular weight is 665 g/mol. The number of ether oxygens (including phenoxy) is 4. The molecule has 5 rings (SSSR count). The molecular weight excluding hydrogens is 616 g/mol. The zero-order valence-electron chi connectivity index (χ0n) is 29.2. The molecule has 49 heavy (non-hydrogen) atoms. The van der Waals surface area contributed by atoms with E-state index in [1.165, 1.54) is 0 Å². The van der Waals surface area contributed by atoms with Crippen molar-refractivity contribution in [1.29, 1.82) is 0 Å². The van der Waals surface area contributed by atoms with Gasteiger partial charge in [0.15, 0.2) is 6.29 Å². The van der Waals surface area contributed by atoms with Crippen LogP contribution in [0.5, 0.6) is 5.75 Å². The fraction of sp³-hybridized carbons (Fsp3) is 0.366. The molecule has 4 aromatic rings. The van der Waals surface area contributed by atoms with Crippen LogP contribution in [0.4, 0.5) is 4.79 Å². The van der Waals surface area contributed by atoms with Crippen molar-refractivity contribution in [1.82, 2.24) is 10.2 Å². The predicted molar refractivity (Wildman–Crippen MR) is 191 cm³/mol. The van der Waals surface area contributed by atoms with E-state index in [4.69, 9.17) is 18.9 Å². The summed E-state index contributed by atoms with van der Waals surface area (Å²) in [4.78, 5) is 29.8. The number of nitrogens with zero attached hydrogens (tertiary/aromatic N) is 1. The fourth-order valence-electron chi connectivity index (χ4n) is 6.23. The van der Waals surface area contributed by atoms with Crippen molar-refractivity contribution in [2.75, 3.05) is 26.4 Å². The average Bonchev–Trinajstić information content (AvgIpc) is 3.41. The summed E-state index contributed by atoms with van der Waals surface area (Å²) in [6, 6.07) is 32.9. The number of alkyl carbamates (subject to hydrolysis) is 1. The zero-order chi connectivity index (χ0) is 34.8. The van der Waals surface area contributed by atoms with E-state index in [0.29, 0.717) is 19.8 Å². The predicted octanol–water partition coefficient (Wildman–Crippen LogP) is 7.74.